The van der Waals surface area contributed by atoms with Gasteiger partial charge >= 0.3 is 0 Å². The van der Waals surface area contributed by atoms with E-state index in [1.54, 1.807) is 0 Å². The van der Waals surface area contributed by atoms with Gasteiger partial charge in [-0.2, -0.15) is 0 Å². The van der Waals surface area contributed by atoms with E-state index < -0.39 is 0 Å². The first-order chi connectivity index (χ1) is 9.17. The highest BCUT2D eigenvalue weighted by molar-refractivity contribution is 7.10. The van der Waals surface area contributed by atoms with Crippen molar-refractivity contribution in [3.05, 3.63) is 40.6 Å². The Hall–Kier alpha value is -1.13. The molecule has 1 saturated heterocycles. The summed E-state index contributed by atoms with van der Waals surface area (Å²) in [4.78, 5) is 5.80. The summed E-state index contributed by atoms with van der Waals surface area (Å²) in [6.07, 6.45) is 6.49. The zero-order valence-corrected chi connectivity index (χ0v) is 12.4. The maximum Gasteiger partial charge on any atom is 0.0948 e. The second-order valence-electron chi connectivity index (χ2n) is 5.96. The lowest BCUT2D eigenvalue weighted by molar-refractivity contribution is 0.422. The number of thiophene rings is 1. The largest absolute Gasteiger partial charge is 0.332 e. The van der Waals surface area contributed by atoms with Crippen molar-refractivity contribution >= 4 is 11.3 Å². The Labute approximate surface area is 118 Å². The van der Waals surface area contributed by atoms with Gasteiger partial charge in [0, 0.05) is 29.1 Å². The Morgan fingerprint density at radius 1 is 1.53 bits per heavy atom. The van der Waals surface area contributed by atoms with Crippen LogP contribution in [0.4, 0.5) is 0 Å². The normalized spacial score (nSPS) is 20.0. The Bertz CT molecular complexity index is 521. The molecule has 0 aliphatic carbocycles. The molecule has 1 N–H and O–H groups in total. The molecule has 1 fully saturated rings. The van der Waals surface area contributed by atoms with E-state index in [0.717, 1.165) is 13.1 Å². The molecule has 0 bridgehead atoms. The first-order valence-electron chi connectivity index (χ1n) is 6.94. The predicted molar refractivity (Wildman–Crippen MR) is 79.5 cm³/mol. The molecule has 102 valence electrons. The van der Waals surface area contributed by atoms with Crippen LogP contribution in [0.15, 0.2) is 30.0 Å². The number of aromatic nitrogens is 2. The second-order valence-corrected chi connectivity index (χ2v) is 6.90. The molecule has 2 aromatic rings. The summed E-state index contributed by atoms with van der Waals surface area (Å²) in [7, 11) is 0. The van der Waals surface area contributed by atoms with Gasteiger partial charge in [0.25, 0.3) is 0 Å². The fourth-order valence-corrected chi connectivity index (χ4v) is 3.70. The van der Waals surface area contributed by atoms with Gasteiger partial charge in [0.15, 0.2) is 0 Å². The average Bonchev–Trinajstić information content (AvgIpc) is 3.11. The number of rotatable bonds is 4. The van der Waals surface area contributed by atoms with Crippen LogP contribution in [0, 0.1) is 0 Å². The van der Waals surface area contributed by atoms with Crippen molar-refractivity contribution in [2.75, 3.05) is 6.54 Å². The standard InChI is InChI=1S/C15H21N3S/c1-15(2,14-6-4-8-19-14)10-18-11-16-9-13(18)12-5-3-7-17-12/h4,6,8-9,11-12,17H,3,5,7,10H2,1-2H3/t12-/m0/s1. The van der Waals surface area contributed by atoms with Crippen LogP contribution in [0.25, 0.3) is 0 Å². The van der Waals surface area contributed by atoms with Crippen LogP contribution in [-0.2, 0) is 12.0 Å². The van der Waals surface area contributed by atoms with E-state index in [9.17, 15) is 0 Å². The molecule has 1 aliphatic rings. The number of nitrogens with one attached hydrogen (secondary N) is 1. The number of hydrogen-bond acceptors (Lipinski definition) is 3. The van der Waals surface area contributed by atoms with E-state index in [0.29, 0.717) is 6.04 Å². The first-order valence-corrected chi connectivity index (χ1v) is 7.82. The molecule has 1 aliphatic heterocycles. The second kappa shape index (κ2) is 5.10. The van der Waals surface area contributed by atoms with Crippen LogP contribution < -0.4 is 5.32 Å². The van der Waals surface area contributed by atoms with Gasteiger partial charge in [-0.1, -0.05) is 19.9 Å². The Kier molecular flexibility index (Phi) is 3.46. The van der Waals surface area contributed by atoms with Crippen molar-refractivity contribution in [1.82, 2.24) is 14.9 Å². The molecule has 0 radical (unpaired) electrons. The zero-order valence-electron chi connectivity index (χ0n) is 11.6. The Morgan fingerprint density at radius 3 is 3.11 bits per heavy atom. The molecule has 0 spiro atoms. The molecule has 0 saturated carbocycles. The lowest BCUT2D eigenvalue weighted by atomic mass is 9.91. The van der Waals surface area contributed by atoms with E-state index in [4.69, 9.17) is 0 Å². The molecule has 0 unspecified atom stereocenters. The van der Waals surface area contributed by atoms with Crippen LogP contribution in [0.5, 0.6) is 0 Å². The van der Waals surface area contributed by atoms with Gasteiger partial charge in [-0.3, -0.25) is 0 Å². The Balaban J connectivity index is 1.82. The van der Waals surface area contributed by atoms with Gasteiger partial charge in [-0.25, -0.2) is 4.98 Å². The van der Waals surface area contributed by atoms with Gasteiger partial charge in [0.1, 0.15) is 0 Å². The van der Waals surface area contributed by atoms with Crippen LogP contribution in [-0.4, -0.2) is 16.1 Å². The highest BCUT2D eigenvalue weighted by Gasteiger charge is 2.26. The Morgan fingerprint density at radius 2 is 2.42 bits per heavy atom. The smallest absolute Gasteiger partial charge is 0.0948 e. The molecule has 2 aromatic heterocycles. The molecule has 19 heavy (non-hydrogen) atoms. The van der Waals surface area contributed by atoms with Crippen LogP contribution in [0.1, 0.15) is 43.3 Å². The van der Waals surface area contributed by atoms with Gasteiger partial charge in [-0.15, -0.1) is 11.3 Å². The lowest BCUT2D eigenvalue weighted by Crippen LogP contribution is -2.26. The molecule has 4 heteroatoms. The van der Waals surface area contributed by atoms with Crippen molar-refractivity contribution in [2.24, 2.45) is 0 Å². The van der Waals surface area contributed by atoms with Gasteiger partial charge < -0.3 is 9.88 Å². The molecular weight excluding hydrogens is 254 g/mol. The third-order valence-corrected chi connectivity index (χ3v) is 5.15. The summed E-state index contributed by atoms with van der Waals surface area (Å²) in [6.45, 7) is 6.74. The minimum Gasteiger partial charge on any atom is -0.332 e. The minimum absolute atomic E-state index is 0.155. The molecule has 0 amide bonds. The fourth-order valence-electron chi connectivity index (χ4n) is 2.86. The molecule has 0 aromatic carbocycles. The van der Waals surface area contributed by atoms with Crippen molar-refractivity contribution in [3.63, 3.8) is 0 Å². The fraction of sp³-hybridized carbons (Fsp3) is 0.533. The topological polar surface area (TPSA) is 29.9 Å². The summed E-state index contributed by atoms with van der Waals surface area (Å²) in [5.41, 5.74) is 1.49. The maximum absolute atomic E-state index is 4.36. The molecule has 3 heterocycles. The third-order valence-electron chi connectivity index (χ3n) is 3.92. The van der Waals surface area contributed by atoms with Crippen molar-refractivity contribution in [2.45, 2.75) is 44.7 Å². The van der Waals surface area contributed by atoms with E-state index in [1.165, 1.54) is 23.4 Å². The van der Waals surface area contributed by atoms with Crippen LogP contribution in [0.3, 0.4) is 0 Å². The minimum atomic E-state index is 0.155. The summed E-state index contributed by atoms with van der Waals surface area (Å²) >= 11 is 1.84. The molecular formula is C15H21N3S. The van der Waals surface area contributed by atoms with Gasteiger partial charge in [-0.05, 0) is 30.8 Å². The van der Waals surface area contributed by atoms with Gasteiger partial charge in [0.2, 0.25) is 0 Å². The van der Waals surface area contributed by atoms with Crippen molar-refractivity contribution in [3.8, 4) is 0 Å². The SMILES string of the molecule is CC(C)(Cn1cncc1[C@@H]1CCCN1)c1cccs1. The summed E-state index contributed by atoms with van der Waals surface area (Å²) in [6, 6.07) is 4.85. The highest BCUT2D eigenvalue weighted by atomic mass is 32.1. The summed E-state index contributed by atoms with van der Waals surface area (Å²) in [5.74, 6) is 0. The summed E-state index contributed by atoms with van der Waals surface area (Å²) in [5, 5.41) is 5.72. The lowest BCUT2D eigenvalue weighted by Gasteiger charge is -2.26. The predicted octanol–water partition coefficient (Wildman–Crippen LogP) is 3.35. The molecule has 1 atom stereocenters. The summed E-state index contributed by atoms with van der Waals surface area (Å²) < 4.78 is 2.32. The van der Waals surface area contributed by atoms with E-state index in [-0.39, 0.29) is 5.41 Å². The molecule has 3 nitrogen and oxygen atoms in total. The first kappa shape index (κ1) is 12.9. The number of hydrogen-bond donors (Lipinski definition) is 1. The number of imidazole rings is 1. The van der Waals surface area contributed by atoms with Crippen LogP contribution >= 0.6 is 11.3 Å². The van der Waals surface area contributed by atoms with E-state index in [2.05, 4.69) is 46.2 Å². The van der Waals surface area contributed by atoms with Crippen molar-refractivity contribution in [1.29, 1.82) is 0 Å². The van der Waals surface area contributed by atoms with E-state index >= 15 is 0 Å². The molecule has 3 rings (SSSR count). The quantitative estimate of drug-likeness (QED) is 0.927. The van der Waals surface area contributed by atoms with E-state index in [1.807, 2.05) is 23.9 Å². The highest BCUT2D eigenvalue weighted by Crippen LogP contribution is 2.31. The maximum atomic E-state index is 4.36. The van der Waals surface area contributed by atoms with Gasteiger partial charge in [0.05, 0.1) is 12.0 Å². The number of nitrogens with zero attached hydrogens (tertiary/aromatic N) is 2. The zero-order chi connectivity index (χ0) is 13.3. The average molecular weight is 275 g/mol. The van der Waals surface area contributed by atoms with Crippen LogP contribution in [0.2, 0.25) is 0 Å². The third kappa shape index (κ3) is 2.60. The van der Waals surface area contributed by atoms with Crippen molar-refractivity contribution < 1.29 is 0 Å². The monoisotopic (exact) mass is 275 g/mol.